The zero-order valence-electron chi connectivity index (χ0n) is 16.0. The van der Waals surface area contributed by atoms with Crippen molar-refractivity contribution in [3.05, 3.63) is 76.6 Å². The molecule has 0 N–H and O–H groups in total. The van der Waals surface area contributed by atoms with Gasteiger partial charge < -0.3 is 4.74 Å². The fourth-order valence-electron chi connectivity index (χ4n) is 2.96. The van der Waals surface area contributed by atoms with Gasteiger partial charge in [0.1, 0.15) is 5.75 Å². The minimum Gasteiger partial charge on any atom is -0.497 e. The minimum atomic E-state index is -0.519. The number of hydrogen-bond donors (Lipinski definition) is 0. The van der Waals surface area contributed by atoms with Crippen LogP contribution in [0.3, 0.4) is 0 Å². The molecule has 0 aliphatic rings. The van der Waals surface area contributed by atoms with Crippen molar-refractivity contribution in [3.8, 4) is 5.75 Å². The van der Waals surface area contributed by atoms with Gasteiger partial charge in [0, 0.05) is 36.6 Å². The van der Waals surface area contributed by atoms with Crippen LogP contribution < -0.4 is 9.64 Å². The lowest BCUT2D eigenvalue weighted by Crippen LogP contribution is -2.34. The predicted octanol–water partition coefficient (Wildman–Crippen LogP) is 3.76. The highest BCUT2D eigenvalue weighted by Gasteiger charge is 2.23. The van der Waals surface area contributed by atoms with Crippen molar-refractivity contribution in [1.29, 1.82) is 0 Å². The first kappa shape index (κ1) is 19.5. The Morgan fingerprint density at radius 2 is 2.13 bits per heavy atom. The molecule has 0 aliphatic heterocycles. The van der Waals surface area contributed by atoms with Gasteiger partial charge in [-0.15, -0.1) is 0 Å². The zero-order valence-corrected chi connectivity index (χ0v) is 16.8. The summed E-state index contributed by atoms with van der Waals surface area (Å²) in [5.74, 6) is 0.336. The second kappa shape index (κ2) is 8.29. The Balaban J connectivity index is 1.71. The van der Waals surface area contributed by atoms with Gasteiger partial charge in [-0.05, 0) is 30.3 Å². The molecule has 0 bridgehead atoms. The number of rotatable bonds is 7. The van der Waals surface area contributed by atoms with Crippen LogP contribution in [-0.4, -0.2) is 39.2 Å². The molecular weight excluding hydrogens is 406 g/mol. The van der Waals surface area contributed by atoms with Crippen molar-refractivity contribution >= 4 is 38.3 Å². The second-order valence-corrected chi connectivity index (χ2v) is 7.37. The third-order valence-electron chi connectivity index (χ3n) is 4.48. The number of nitrogens with zero attached hydrogens (tertiary/aromatic N) is 5. The second-order valence-electron chi connectivity index (χ2n) is 6.36. The van der Waals surface area contributed by atoms with E-state index >= 15 is 0 Å². The molecule has 2 aromatic carbocycles. The molecule has 0 atom stereocenters. The number of aromatic nitrogens is 3. The molecule has 4 aromatic rings. The molecule has 9 nitrogen and oxygen atoms in total. The lowest BCUT2D eigenvalue weighted by Gasteiger charge is -2.20. The van der Waals surface area contributed by atoms with Crippen LogP contribution in [0.5, 0.6) is 5.75 Å². The normalized spacial score (nSPS) is 10.8. The first-order valence-corrected chi connectivity index (χ1v) is 9.85. The average Bonchev–Trinajstić information content (AvgIpc) is 3.43. The van der Waals surface area contributed by atoms with Crippen molar-refractivity contribution in [2.75, 3.05) is 18.6 Å². The van der Waals surface area contributed by atoms with E-state index < -0.39 is 4.92 Å². The topological polar surface area (TPSA) is 103 Å². The fourth-order valence-corrected chi connectivity index (χ4v) is 3.98. The van der Waals surface area contributed by atoms with E-state index in [-0.39, 0.29) is 17.2 Å². The summed E-state index contributed by atoms with van der Waals surface area (Å²) >= 11 is 1.36. The number of fused-ring (bicyclic) bond motifs is 1. The fraction of sp³-hybridized carbons (Fsp3) is 0.150. The number of anilines is 1. The Morgan fingerprint density at radius 1 is 1.27 bits per heavy atom. The maximum absolute atomic E-state index is 13.3. The van der Waals surface area contributed by atoms with Gasteiger partial charge in [0.05, 0.1) is 28.8 Å². The Kier molecular flexibility index (Phi) is 5.40. The van der Waals surface area contributed by atoms with Crippen LogP contribution in [-0.2, 0) is 6.54 Å². The maximum atomic E-state index is 13.3. The van der Waals surface area contributed by atoms with Gasteiger partial charge >= 0.3 is 0 Å². The summed E-state index contributed by atoms with van der Waals surface area (Å²) in [5.41, 5.74) is 0.829. The van der Waals surface area contributed by atoms with E-state index in [1.54, 1.807) is 36.3 Å². The maximum Gasteiger partial charge on any atom is 0.270 e. The summed E-state index contributed by atoms with van der Waals surface area (Å²) in [6.07, 6.45) is 3.47. The Hall–Kier alpha value is -3.79. The Labute approximate surface area is 175 Å². The largest absolute Gasteiger partial charge is 0.497 e. The van der Waals surface area contributed by atoms with Crippen molar-refractivity contribution in [2.45, 2.75) is 6.54 Å². The van der Waals surface area contributed by atoms with Crippen molar-refractivity contribution in [3.63, 3.8) is 0 Å². The summed E-state index contributed by atoms with van der Waals surface area (Å²) in [6, 6.07) is 13.0. The number of benzene rings is 2. The van der Waals surface area contributed by atoms with Crippen molar-refractivity contribution < 1.29 is 14.5 Å². The molecule has 1 amide bonds. The molecule has 10 heteroatoms. The molecule has 2 aromatic heterocycles. The molecule has 0 radical (unpaired) electrons. The van der Waals surface area contributed by atoms with Crippen LogP contribution in [0.1, 0.15) is 10.4 Å². The summed E-state index contributed by atoms with van der Waals surface area (Å²) in [5, 5.41) is 15.8. The van der Waals surface area contributed by atoms with E-state index in [0.29, 0.717) is 24.0 Å². The number of amides is 1. The van der Waals surface area contributed by atoms with Gasteiger partial charge in [-0.2, -0.15) is 5.10 Å². The van der Waals surface area contributed by atoms with E-state index in [2.05, 4.69) is 10.1 Å². The van der Waals surface area contributed by atoms with Gasteiger partial charge in [0.15, 0.2) is 5.13 Å². The molecule has 0 saturated carbocycles. The predicted molar refractivity (Wildman–Crippen MR) is 113 cm³/mol. The standard InChI is InChI=1S/C20H17N5O4S/c1-29-16-6-7-17-18(13-16)30-20(22-17)24(11-10-23-9-3-8-21-23)19(26)14-4-2-5-15(12-14)25(27)28/h2-9,12-13H,10-11H2,1H3. The highest BCUT2D eigenvalue weighted by molar-refractivity contribution is 7.22. The number of ether oxygens (including phenoxy) is 1. The number of carbonyl (C=O) groups excluding carboxylic acids is 1. The molecule has 0 unspecified atom stereocenters. The summed E-state index contributed by atoms with van der Waals surface area (Å²) in [7, 11) is 1.59. The van der Waals surface area contributed by atoms with Gasteiger partial charge in [-0.1, -0.05) is 17.4 Å². The third-order valence-corrected chi connectivity index (χ3v) is 5.52. The molecule has 0 aliphatic carbocycles. The summed E-state index contributed by atoms with van der Waals surface area (Å²) in [6.45, 7) is 0.757. The van der Waals surface area contributed by atoms with Crippen LogP contribution in [0.15, 0.2) is 60.9 Å². The van der Waals surface area contributed by atoms with Crippen LogP contribution in [0.25, 0.3) is 10.2 Å². The monoisotopic (exact) mass is 423 g/mol. The molecule has 152 valence electrons. The quantitative estimate of drug-likeness (QED) is 0.331. The lowest BCUT2D eigenvalue weighted by atomic mass is 10.2. The van der Waals surface area contributed by atoms with E-state index in [0.717, 1.165) is 10.2 Å². The van der Waals surface area contributed by atoms with Crippen molar-refractivity contribution in [1.82, 2.24) is 14.8 Å². The number of non-ortho nitro benzene ring substituents is 1. The molecule has 0 spiro atoms. The SMILES string of the molecule is COc1ccc2nc(N(CCn3cccn3)C(=O)c3cccc([N+](=O)[O-])c3)sc2c1. The molecule has 0 saturated heterocycles. The van der Waals surface area contributed by atoms with E-state index in [9.17, 15) is 14.9 Å². The van der Waals surface area contributed by atoms with Gasteiger partial charge in [0.2, 0.25) is 0 Å². The number of hydrogen-bond acceptors (Lipinski definition) is 7. The van der Waals surface area contributed by atoms with E-state index in [1.807, 2.05) is 18.2 Å². The van der Waals surface area contributed by atoms with Crippen LogP contribution in [0.4, 0.5) is 10.8 Å². The van der Waals surface area contributed by atoms with Crippen LogP contribution in [0, 0.1) is 10.1 Å². The molecular formula is C20H17N5O4S. The summed E-state index contributed by atoms with van der Waals surface area (Å²) < 4.78 is 7.85. The summed E-state index contributed by atoms with van der Waals surface area (Å²) in [4.78, 5) is 30.0. The van der Waals surface area contributed by atoms with Gasteiger partial charge in [-0.3, -0.25) is 24.5 Å². The molecule has 30 heavy (non-hydrogen) atoms. The van der Waals surface area contributed by atoms with E-state index in [4.69, 9.17) is 4.74 Å². The average molecular weight is 423 g/mol. The molecule has 4 rings (SSSR count). The Bertz CT molecular complexity index is 1210. The van der Waals surface area contributed by atoms with E-state index in [1.165, 1.54) is 34.4 Å². The third kappa shape index (κ3) is 3.98. The van der Waals surface area contributed by atoms with Gasteiger partial charge in [-0.25, -0.2) is 4.98 Å². The molecule has 2 heterocycles. The van der Waals surface area contributed by atoms with Gasteiger partial charge in [0.25, 0.3) is 11.6 Å². The van der Waals surface area contributed by atoms with Crippen LogP contribution >= 0.6 is 11.3 Å². The Morgan fingerprint density at radius 3 is 2.87 bits per heavy atom. The van der Waals surface area contributed by atoms with Crippen molar-refractivity contribution in [2.24, 2.45) is 0 Å². The smallest absolute Gasteiger partial charge is 0.270 e. The number of nitro benzene ring substituents is 1. The highest BCUT2D eigenvalue weighted by Crippen LogP contribution is 2.32. The van der Waals surface area contributed by atoms with Crippen LogP contribution in [0.2, 0.25) is 0 Å². The highest BCUT2D eigenvalue weighted by atomic mass is 32.1. The number of nitro groups is 1. The number of carbonyl (C=O) groups is 1. The first-order valence-electron chi connectivity index (χ1n) is 9.03. The first-order chi connectivity index (χ1) is 14.5. The lowest BCUT2D eigenvalue weighted by molar-refractivity contribution is -0.384. The number of methoxy groups -OCH3 is 1. The molecule has 0 fully saturated rings. The minimum absolute atomic E-state index is 0.137. The number of thiazole rings is 1. The zero-order chi connectivity index (χ0) is 21.1.